The first-order valence-corrected chi connectivity index (χ1v) is 12.0. The van der Waals surface area contributed by atoms with Crippen LogP contribution in [0.25, 0.3) is 11.5 Å². The number of amides is 1. The molecule has 2 aromatic carbocycles. The van der Waals surface area contributed by atoms with E-state index in [1.54, 1.807) is 0 Å². The van der Waals surface area contributed by atoms with Gasteiger partial charge < -0.3 is 9.73 Å². The zero-order chi connectivity index (χ0) is 23.5. The maximum absolute atomic E-state index is 12.6. The van der Waals surface area contributed by atoms with Crippen molar-refractivity contribution in [2.45, 2.75) is 42.1 Å². The van der Waals surface area contributed by atoms with E-state index < -0.39 is 26.4 Å². The predicted octanol–water partition coefficient (Wildman–Crippen LogP) is 4.76. The standard InChI is InChI=1S/C21H21F2N3O4S2/c1-21(2,3)14-6-4-13(5-7-14)18-25-26-20(30-18)31-12-17(27)24-15-8-10-16(11-9-15)32(28,29)19(22)23/h4-11,19H,12H2,1-3H3,(H,24,27). The third-order valence-electron chi connectivity index (χ3n) is 4.43. The van der Waals surface area contributed by atoms with Crippen molar-refractivity contribution in [3.05, 3.63) is 54.1 Å². The van der Waals surface area contributed by atoms with Crippen molar-refractivity contribution >= 4 is 33.2 Å². The zero-order valence-electron chi connectivity index (χ0n) is 17.5. The van der Waals surface area contributed by atoms with Crippen molar-refractivity contribution in [1.29, 1.82) is 0 Å². The van der Waals surface area contributed by atoms with Gasteiger partial charge in [0, 0.05) is 11.3 Å². The number of carbonyl (C=O) groups is 1. The maximum Gasteiger partial charge on any atom is 0.341 e. The van der Waals surface area contributed by atoms with Crippen LogP contribution in [0.2, 0.25) is 0 Å². The first kappa shape index (κ1) is 23.9. The molecule has 0 aliphatic carbocycles. The highest BCUT2D eigenvalue weighted by atomic mass is 32.2. The lowest BCUT2D eigenvalue weighted by Crippen LogP contribution is -2.15. The van der Waals surface area contributed by atoms with Crippen molar-refractivity contribution in [2.24, 2.45) is 0 Å². The van der Waals surface area contributed by atoms with Gasteiger partial charge in [-0.1, -0.05) is 44.7 Å². The number of nitrogens with one attached hydrogen (secondary N) is 1. The number of aromatic nitrogens is 2. The van der Waals surface area contributed by atoms with E-state index in [2.05, 4.69) is 36.3 Å². The minimum atomic E-state index is -4.68. The number of halogens is 2. The van der Waals surface area contributed by atoms with Crippen LogP contribution in [0.15, 0.2) is 63.1 Å². The highest BCUT2D eigenvalue weighted by Crippen LogP contribution is 2.27. The Labute approximate surface area is 188 Å². The molecule has 0 radical (unpaired) electrons. The number of hydrogen-bond acceptors (Lipinski definition) is 7. The molecule has 0 atom stereocenters. The highest BCUT2D eigenvalue weighted by Gasteiger charge is 2.26. The Morgan fingerprint density at radius 1 is 1.06 bits per heavy atom. The quantitative estimate of drug-likeness (QED) is 0.485. The number of sulfone groups is 1. The van der Waals surface area contributed by atoms with Crippen molar-refractivity contribution in [3.63, 3.8) is 0 Å². The SMILES string of the molecule is CC(C)(C)c1ccc(-c2nnc(SCC(=O)Nc3ccc(S(=O)(=O)C(F)F)cc3)o2)cc1. The molecule has 1 heterocycles. The fraction of sp³-hybridized carbons (Fsp3) is 0.286. The molecule has 0 aliphatic heterocycles. The summed E-state index contributed by atoms with van der Waals surface area (Å²) in [6.07, 6.45) is 0. The van der Waals surface area contributed by atoms with E-state index in [4.69, 9.17) is 4.42 Å². The summed E-state index contributed by atoms with van der Waals surface area (Å²) in [5.74, 6) is -3.62. The molecule has 3 rings (SSSR count). The Morgan fingerprint density at radius 2 is 1.69 bits per heavy atom. The minimum absolute atomic E-state index is 0.0270. The second-order valence-corrected chi connectivity index (χ2v) is 10.7. The third kappa shape index (κ3) is 5.71. The summed E-state index contributed by atoms with van der Waals surface area (Å²) in [6.45, 7) is 6.36. The average molecular weight is 482 g/mol. The summed E-state index contributed by atoms with van der Waals surface area (Å²) in [4.78, 5) is 11.6. The fourth-order valence-electron chi connectivity index (χ4n) is 2.65. The van der Waals surface area contributed by atoms with E-state index in [0.29, 0.717) is 5.89 Å². The lowest BCUT2D eigenvalue weighted by Gasteiger charge is -2.18. The Hall–Kier alpha value is -2.79. The molecule has 0 bridgehead atoms. The van der Waals surface area contributed by atoms with Crippen molar-refractivity contribution in [3.8, 4) is 11.5 Å². The van der Waals surface area contributed by atoms with Gasteiger partial charge in [0.05, 0.1) is 10.6 Å². The zero-order valence-corrected chi connectivity index (χ0v) is 19.1. The Bertz CT molecular complexity index is 1190. The average Bonchev–Trinajstić information content (AvgIpc) is 3.21. The molecule has 0 unspecified atom stereocenters. The largest absolute Gasteiger partial charge is 0.411 e. The second kappa shape index (κ2) is 9.37. The monoisotopic (exact) mass is 481 g/mol. The van der Waals surface area contributed by atoms with E-state index in [1.807, 2.05) is 24.3 Å². The van der Waals surface area contributed by atoms with Crippen molar-refractivity contribution in [1.82, 2.24) is 10.2 Å². The molecule has 0 aliphatic rings. The Morgan fingerprint density at radius 3 is 2.25 bits per heavy atom. The number of anilines is 1. The van der Waals surface area contributed by atoms with Crippen molar-refractivity contribution in [2.75, 3.05) is 11.1 Å². The number of rotatable bonds is 7. The minimum Gasteiger partial charge on any atom is -0.411 e. The smallest absolute Gasteiger partial charge is 0.341 e. The number of thioether (sulfide) groups is 1. The second-order valence-electron chi connectivity index (χ2n) is 7.87. The van der Waals surface area contributed by atoms with Crippen LogP contribution in [-0.2, 0) is 20.0 Å². The molecule has 7 nitrogen and oxygen atoms in total. The summed E-state index contributed by atoms with van der Waals surface area (Å²) in [5.41, 5.74) is 2.24. The number of benzene rings is 2. The van der Waals surface area contributed by atoms with Gasteiger partial charge in [-0.3, -0.25) is 4.79 Å². The first-order valence-electron chi connectivity index (χ1n) is 9.46. The van der Waals surface area contributed by atoms with E-state index >= 15 is 0 Å². The van der Waals surface area contributed by atoms with Gasteiger partial charge in [-0.2, -0.15) is 8.78 Å². The van der Waals surface area contributed by atoms with Crippen LogP contribution >= 0.6 is 11.8 Å². The third-order valence-corrected chi connectivity index (χ3v) is 6.65. The number of carbonyl (C=O) groups excluding carboxylic acids is 1. The lowest BCUT2D eigenvalue weighted by atomic mass is 9.87. The highest BCUT2D eigenvalue weighted by molar-refractivity contribution is 7.99. The number of alkyl halides is 2. The molecule has 0 fully saturated rings. The molecule has 0 saturated carbocycles. The maximum atomic E-state index is 12.6. The van der Waals surface area contributed by atoms with E-state index in [-0.39, 0.29) is 22.1 Å². The van der Waals surface area contributed by atoms with Crippen LogP contribution < -0.4 is 5.32 Å². The van der Waals surface area contributed by atoms with Gasteiger partial charge in [0.15, 0.2) is 0 Å². The molecular weight excluding hydrogens is 460 g/mol. The van der Waals surface area contributed by atoms with Crippen LogP contribution in [0.4, 0.5) is 14.5 Å². The van der Waals surface area contributed by atoms with Gasteiger partial charge >= 0.3 is 5.76 Å². The van der Waals surface area contributed by atoms with Gasteiger partial charge in [0.1, 0.15) is 0 Å². The van der Waals surface area contributed by atoms with Gasteiger partial charge in [0.2, 0.25) is 21.6 Å². The van der Waals surface area contributed by atoms with Crippen LogP contribution in [0.1, 0.15) is 26.3 Å². The Kier molecular flexibility index (Phi) is 6.99. The van der Waals surface area contributed by atoms with Crippen LogP contribution in [-0.4, -0.2) is 36.0 Å². The van der Waals surface area contributed by atoms with E-state index in [0.717, 1.165) is 29.5 Å². The van der Waals surface area contributed by atoms with Crippen LogP contribution in [0.3, 0.4) is 0 Å². The first-order chi connectivity index (χ1) is 15.0. The van der Waals surface area contributed by atoms with Crippen LogP contribution in [0.5, 0.6) is 0 Å². The molecule has 11 heteroatoms. The van der Waals surface area contributed by atoms with Gasteiger partial charge in [-0.05, 0) is 47.4 Å². The molecule has 1 aromatic heterocycles. The molecule has 0 saturated heterocycles. The Balaban J connectivity index is 1.56. The molecule has 1 amide bonds. The van der Waals surface area contributed by atoms with E-state index in [1.165, 1.54) is 17.7 Å². The number of nitrogens with zero attached hydrogens (tertiary/aromatic N) is 2. The summed E-state index contributed by atoms with van der Waals surface area (Å²) < 4.78 is 53.6. The predicted molar refractivity (Wildman–Crippen MR) is 117 cm³/mol. The van der Waals surface area contributed by atoms with E-state index in [9.17, 15) is 22.0 Å². The molecule has 3 aromatic rings. The normalized spacial score (nSPS) is 12.2. The summed E-state index contributed by atoms with van der Waals surface area (Å²) >= 11 is 1.03. The van der Waals surface area contributed by atoms with Gasteiger partial charge in [-0.15, -0.1) is 10.2 Å². The molecule has 32 heavy (non-hydrogen) atoms. The fourth-order valence-corrected chi connectivity index (χ4v) is 3.94. The van der Waals surface area contributed by atoms with Crippen LogP contribution in [0, 0.1) is 0 Å². The molecule has 0 spiro atoms. The van der Waals surface area contributed by atoms with Gasteiger partial charge in [0.25, 0.3) is 5.22 Å². The van der Waals surface area contributed by atoms with Gasteiger partial charge in [-0.25, -0.2) is 8.42 Å². The lowest BCUT2D eigenvalue weighted by molar-refractivity contribution is -0.113. The summed E-state index contributed by atoms with van der Waals surface area (Å²) in [6, 6.07) is 12.3. The number of hydrogen-bond donors (Lipinski definition) is 1. The summed E-state index contributed by atoms with van der Waals surface area (Å²) in [7, 11) is -4.68. The summed E-state index contributed by atoms with van der Waals surface area (Å²) in [5, 5.41) is 10.7. The van der Waals surface area contributed by atoms with Crippen molar-refractivity contribution < 1.29 is 26.4 Å². The molecule has 1 N–H and O–H groups in total. The molecule has 170 valence electrons. The molecular formula is C21H21F2N3O4S2. The topological polar surface area (TPSA) is 102 Å².